The van der Waals surface area contributed by atoms with Gasteiger partial charge in [0.2, 0.25) is 5.91 Å². The highest BCUT2D eigenvalue weighted by molar-refractivity contribution is 5.92. The van der Waals surface area contributed by atoms with Crippen molar-refractivity contribution < 1.29 is 41.0 Å². The van der Waals surface area contributed by atoms with Gasteiger partial charge in [0, 0.05) is 12.0 Å². The summed E-state index contributed by atoms with van der Waals surface area (Å²) < 4.78 is 80.3. The number of piperidine rings is 1. The zero-order valence-electron chi connectivity index (χ0n) is 18.1. The molecule has 5 nitrogen and oxygen atoms in total. The second-order valence-electron chi connectivity index (χ2n) is 9.10. The van der Waals surface area contributed by atoms with Crippen molar-refractivity contribution in [3.05, 3.63) is 35.9 Å². The van der Waals surface area contributed by atoms with Crippen LogP contribution >= 0.6 is 0 Å². The lowest BCUT2D eigenvalue weighted by Gasteiger charge is -2.57. The summed E-state index contributed by atoms with van der Waals surface area (Å²) in [5.74, 6) is -2.11. The molecule has 1 heterocycles. The van der Waals surface area contributed by atoms with Crippen molar-refractivity contribution in [3.8, 4) is 0 Å². The Kier molecular flexibility index (Phi) is 6.83. The molecule has 2 rings (SSSR count). The molecule has 1 saturated heterocycles. The lowest BCUT2D eigenvalue weighted by molar-refractivity contribution is -0.197. The minimum absolute atomic E-state index is 0.0273. The maximum Gasteiger partial charge on any atom is 0.408 e. The molecule has 0 bridgehead atoms. The highest BCUT2D eigenvalue weighted by Gasteiger charge is 2.63. The van der Waals surface area contributed by atoms with E-state index >= 15 is 0 Å². The van der Waals surface area contributed by atoms with Gasteiger partial charge in [-0.25, -0.2) is 4.79 Å². The fourth-order valence-electron chi connectivity index (χ4n) is 4.52. The number of amides is 2. The third-order valence-corrected chi connectivity index (χ3v) is 6.05. The number of carbonyl (C=O) groups excluding carboxylic acids is 1. The number of hydrogen-bond donors (Lipinski definition) is 1. The highest BCUT2D eigenvalue weighted by atomic mass is 19.4. The third kappa shape index (κ3) is 5.12. The molecule has 1 aromatic rings. The first-order valence-electron chi connectivity index (χ1n) is 9.91. The van der Waals surface area contributed by atoms with Crippen molar-refractivity contribution in [2.45, 2.75) is 64.0 Å². The molecule has 3 atom stereocenters. The van der Waals surface area contributed by atoms with E-state index in [1.165, 1.54) is 27.7 Å². The summed E-state index contributed by atoms with van der Waals surface area (Å²) in [6.45, 7) is 1.79. The van der Waals surface area contributed by atoms with E-state index in [0.717, 1.165) is 0 Å². The zero-order chi connectivity index (χ0) is 24.7. The van der Waals surface area contributed by atoms with E-state index in [9.17, 15) is 41.0 Å². The standard InChI is InChI=1S/C21H26F6N2O3/c1-13-15(14-8-6-5-7-9-14)10-19(18(2,3)4,16(30)28(13)11-20(22,23)24)29(17(31)32)12-21(25,26)27/h5-9,13,15H,10-12H2,1-4H3,(H,31,32)/t13-,15-,19?/m1/s1. The lowest BCUT2D eigenvalue weighted by Crippen LogP contribution is -2.73. The fourth-order valence-corrected chi connectivity index (χ4v) is 4.52. The molecular weight excluding hydrogens is 442 g/mol. The van der Waals surface area contributed by atoms with Gasteiger partial charge in [-0.05, 0) is 24.3 Å². The summed E-state index contributed by atoms with van der Waals surface area (Å²) in [6.07, 6.45) is -12.3. The Morgan fingerprint density at radius 3 is 2.03 bits per heavy atom. The first kappa shape index (κ1) is 25.8. The van der Waals surface area contributed by atoms with E-state index in [0.29, 0.717) is 10.5 Å². The zero-order valence-corrected chi connectivity index (χ0v) is 18.1. The smallest absolute Gasteiger partial charge is 0.408 e. The van der Waals surface area contributed by atoms with Crippen molar-refractivity contribution in [2.24, 2.45) is 5.41 Å². The van der Waals surface area contributed by atoms with Crippen molar-refractivity contribution >= 4 is 12.0 Å². The van der Waals surface area contributed by atoms with Crippen molar-refractivity contribution in [3.63, 3.8) is 0 Å². The predicted octanol–water partition coefficient (Wildman–Crippen LogP) is 5.28. The van der Waals surface area contributed by atoms with Crippen LogP contribution in [-0.4, -0.2) is 63.9 Å². The Morgan fingerprint density at radius 2 is 1.62 bits per heavy atom. The number of alkyl halides is 6. The van der Waals surface area contributed by atoms with Crippen LogP contribution in [0, 0.1) is 5.41 Å². The molecule has 0 radical (unpaired) electrons. The average molecular weight is 468 g/mol. The van der Waals surface area contributed by atoms with Crippen LogP contribution in [0.4, 0.5) is 31.1 Å². The van der Waals surface area contributed by atoms with Gasteiger partial charge < -0.3 is 10.0 Å². The number of nitrogens with zero attached hydrogens (tertiary/aromatic N) is 2. The van der Waals surface area contributed by atoms with E-state index in [1.807, 2.05) is 0 Å². The number of rotatable bonds is 4. The summed E-state index contributed by atoms with van der Waals surface area (Å²) in [5, 5.41) is 9.71. The van der Waals surface area contributed by atoms with E-state index in [1.54, 1.807) is 30.3 Å². The van der Waals surface area contributed by atoms with E-state index in [-0.39, 0.29) is 4.90 Å². The van der Waals surface area contributed by atoms with Gasteiger partial charge >= 0.3 is 18.4 Å². The van der Waals surface area contributed by atoms with Gasteiger partial charge in [-0.15, -0.1) is 0 Å². The van der Waals surface area contributed by atoms with Crippen LogP contribution < -0.4 is 0 Å². The quantitative estimate of drug-likeness (QED) is 0.612. The number of hydrogen-bond acceptors (Lipinski definition) is 2. The molecule has 1 aliphatic heterocycles. The first-order valence-corrected chi connectivity index (χ1v) is 9.91. The predicted molar refractivity (Wildman–Crippen MR) is 104 cm³/mol. The molecule has 2 amide bonds. The van der Waals surface area contributed by atoms with Gasteiger partial charge in [0.25, 0.3) is 0 Å². The molecule has 1 aromatic carbocycles. The van der Waals surface area contributed by atoms with Gasteiger partial charge in [-0.2, -0.15) is 26.3 Å². The number of carboxylic acid groups (broad SMARTS) is 1. The van der Waals surface area contributed by atoms with Crippen LogP contribution in [0.5, 0.6) is 0 Å². The number of benzene rings is 1. The van der Waals surface area contributed by atoms with Gasteiger partial charge in [0.1, 0.15) is 18.6 Å². The van der Waals surface area contributed by atoms with Crippen LogP contribution in [0.1, 0.15) is 45.6 Å². The molecule has 11 heteroatoms. The fraction of sp³-hybridized carbons (Fsp3) is 0.619. The molecule has 32 heavy (non-hydrogen) atoms. The summed E-state index contributed by atoms with van der Waals surface area (Å²) in [7, 11) is 0. The summed E-state index contributed by atoms with van der Waals surface area (Å²) in [5.41, 5.74) is -3.33. The van der Waals surface area contributed by atoms with Gasteiger partial charge in [0.05, 0.1) is 0 Å². The van der Waals surface area contributed by atoms with Crippen molar-refractivity contribution in [2.75, 3.05) is 13.1 Å². The molecule has 0 aliphatic carbocycles. The number of carbonyl (C=O) groups is 2. The van der Waals surface area contributed by atoms with Crippen molar-refractivity contribution in [1.29, 1.82) is 0 Å². The average Bonchev–Trinajstić information content (AvgIpc) is 2.62. The first-order chi connectivity index (χ1) is 14.4. The second kappa shape index (κ2) is 8.47. The summed E-state index contributed by atoms with van der Waals surface area (Å²) in [4.78, 5) is 26.0. The Bertz CT molecular complexity index is 835. The SMILES string of the molecule is C[C@@H]1[C@H](c2ccccc2)CC(N(CC(F)(F)F)C(=O)O)(C(C)(C)C)C(=O)N1CC(F)(F)F. The topological polar surface area (TPSA) is 60.9 Å². The Hall–Kier alpha value is -2.46. The van der Waals surface area contributed by atoms with Crippen molar-refractivity contribution in [1.82, 2.24) is 9.80 Å². The van der Waals surface area contributed by atoms with E-state index in [2.05, 4.69) is 0 Å². The molecule has 0 saturated carbocycles. The Balaban J connectivity index is 2.79. The third-order valence-electron chi connectivity index (χ3n) is 6.05. The Morgan fingerprint density at radius 1 is 1.09 bits per heavy atom. The molecule has 1 fully saturated rings. The van der Waals surface area contributed by atoms with Gasteiger partial charge in [-0.3, -0.25) is 9.69 Å². The lowest BCUT2D eigenvalue weighted by atomic mass is 9.62. The van der Waals surface area contributed by atoms with Crippen LogP contribution in [0.3, 0.4) is 0 Å². The monoisotopic (exact) mass is 468 g/mol. The van der Waals surface area contributed by atoms with Gasteiger partial charge in [-0.1, -0.05) is 51.1 Å². The highest BCUT2D eigenvalue weighted by Crippen LogP contribution is 2.50. The summed E-state index contributed by atoms with van der Waals surface area (Å²) >= 11 is 0. The largest absolute Gasteiger partial charge is 0.465 e. The van der Waals surface area contributed by atoms with Crippen LogP contribution in [0.2, 0.25) is 0 Å². The Labute approximate surface area is 182 Å². The van der Waals surface area contributed by atoms with Crippen LogP contribution in [0.15, 0.2) is 30.3 Å². The molecule has 1 aliphatic rings. The second-order valence-corrected chi connectivity index (χ2v) is 9.10. The molecule has 1 unspecified atom stereocenters. The normalized spacial score (nSPS) is 25.1. The summed E-state index contributed by atoms with van der Waals surface area (Å²) in [6, 6.07) is 7.09. The van der Waals surface area contributed by atoms with Gasteiger partial charge in [0.15, 0.2) is 0 Å². The van der Waals surface area contributed by atoms with Crippen LogP contribution in [-0.2, 0) is 4.79 Å². The molecule has 0 spiro atoms. The molecular formula is C21H26F6N2O3. The minimum atomic E-state index is -5.00. The minimum Gasteiger partial charge on any atom is -0.465 e. The van der Waals surface area contributed by atoms with E-state index in [4.69, 9.17) is 0 Å². The van der Waals surface area contributed by atoms with Crippen LogP contribution in [0.25, 0.3) is 0 Å². The maximum atomic E-state index is 13.5. The molecule has 180 valence electrons. The number of likely N-dealkylation sites (tertiary alicyclic amines) is 1. The molecule has 0 aromatic heterocycles. The van der Waals surface area contributed by atoms with E-state index < -0.39 is 66.8 Å². The molecule has 1 N–H and O–H groups in total. The maximum absolute atomic E-state index is 13.5. The number of halogens is 6.